The summed E-state index contributed by atoms with van der Waals surface area (Å²) in [6, 6.07) is 22.5. The second-order valence-corrected chi connectivity index (χ2v) is 14.2. The Hall–Kier alpha value is -7.09. The van der Waals surface area contributed by atoms with Crippen LogP contribution in [-0.2, 0) is 22.4 Å². The third-order valence-electron chi connectivity index (χ3n) is 10.5. The molecule has 0 bridgehead atoms. The highest BCUT2D eigenvalue weighted by molar-refractivity contribution is 5.85. The lowest BCUT2D eigenvalue weighted by Gasteiger charge is -2.21. The van der Waals surface area contributed by atoms with Crippen molar-refractivity contribution in [2.45, 2.75) is 51.6 Å². The Bertz CT molecular complexity index is 2420. The Morgan fingerprint density at radius 1 is 0.541 bits per heavy atom. The van der Waals surface area contributed by atoms with E-state index in [1.807, 2.05) is 30.3 Å². The molecule has 14 heteroatoms. The van der Waals surface area contributed by atoms with Gasteiger partial charge in [-0.1, -0.05) is 30.3 Å². The van der Waals surface area contributed by atoms with Crippen LogP contribution >= 0.6 is 0 Å². The molecule has 3 N–H and O–H groups in total. The molecule has 7 rings (SSSR count). The van der Waals surface area contributed by atoms with Crippen molar-refractivity contribution in [2.75, 3.05) is 42.7 Å². The van der Waals surface area contributed by atoms with Gasteiger partial charge in [0, 0.05) is 25.0 Å². The van der Waals surface area contributed by atoms with Gasteiger partial charge in [0.05, 0.1) is 54.7 Å². The van der Waals surface area contributed by atoms with Crippen molar-refractivity contribution in [3.05, 3.63) is 101 Å². The van der Waals surface area contributed by atoms with Crippen LogP contribution in [0.4, 0.5) is 4.79 Å². The standard InChI is InChI=1S/C27H27NO7.C20H23NO5/c1-16(29)28-22-13-10-17-14-23(31-2)25(32-3)26(33-4)24(17)20-12-11-19(15-21(20)22)35-27(30)34-18-8-6-5-7-9-18;1-11(22)21-16-8-5-12-9-17(24-2)19(25-3)20(26-4)18(12)14-7-6-13(23)10-15(14)16/h5-9,11-12,14-15,22H,10,13H2,1-4H3,(H,28,29);6-7,9-10,16,23H,5,8H2,1-4H3,(H,21,22)/t22-;16-/m00/s1. The molecule has 5 aromatic carbocycles. The molecule has 14 nitrogen and oxygen atoms in total. The summed E-state index contributed by atoms with van der Waals surface area (Å²) < 4.78 is 44.3. The van der Waals surface area contributed by atoms with Crippen LogP contribution in [0.2, 0.25) is 0 Å². The quantitative estimate of drug-likeness (QED) is 0.0911. The molecule has 2 aliphatic carbocycles. The van der Waals surface area contributed by atoms with E-state index in [1.54, 1.807) is 91.2 Å². The molecule has 2 atom stereocenters. The van der Waals surface area contributed by atoms with Gasteiger partial charge in [-0.3, -0.25) is 9.59 Å². The zero-order valence-electron chi connectivity index (χ0n) is 35.4. The monoisotopic (exact) mass is 834 g/mol. The number of para-hydroxylation sites is 1. The number of benzene rings is 5. The molecular weight excluding hydrogens is 785 g/mol. The summed E-state index contributed by atoms with van der Waals surface area (Å²) in [5.41, 5.74) is 7.13. The van der Waals surface area contributed by atoms with E-state index in [9.17, 15) is 19.5 Å². The van der Waals surface area contributed by atoms with Gasteiger partial charge in [0.25, 0.3) is 0 Å². The molecule has 5 aromatic rings. The van der Waals surface area contributed by atoms with Crippen molar-refractivity contribution in [3.63, 3.8) is 0 Å². The first kappa shape index (κ1) is 43.5. The van der Waals surface area contributed by atoms with Crippen molar-refractivity contribution in [3.8, 4) is 74.0 Å². The van der Waals surface area contributed by atoms with Crippen LogP contribution in [0.1, 0.15) is 61.0 Å². The van der Waals surface area contributed by atoms with Crippen LogP contribution in [0.15, 0.2) is 78.9 Å². The fourth-order valence-electron chi connectivity index (χ4n) is 7.99. The van der Waals surface area contributed by atoms with Gasteiger partial charge in [-0.2, -0.15) is 0 Å². The van der Waals surface area contributed by atoms with Gasteiger partial charge >= 0.3 is 6.16 Å². The molecule has 320 valence electrons. The predicted octanol–water partition coefficient (Wildman–Crippen LogP) is 8.29. The van der Waals surface area contributed by atoms with Crippen molar-refractivity contribution < 1.29 is 57.4 Å². The van der Waals surface area contributed by atoms with Gasteiger partial charge in [0.1, 0.15) is 17.2 Å². The van der Waals surface area contributed by atoms with E-state index in [0.717, 1.165) is 44.5 Å². The van der Waals surface area contributed by atoms with E-state index in [4.69, 9.17) is 37.9 Å². The third-order valence-corrected chi connectivity index (χ3v) is 10.5. The second kappa shape index (κ2) is 19.3. The maximum atomic E-state index is 12.4. The number of hydrogen-bond donors (Lipinski definition) is 3. The fourth-order valence-corrected chi connectivity index (χ4v) is 7.99. The highest BCUT2D eigenvalue weighted by Gasteiger charge is 2.31. The minimum Gasteiger partial charge on any atom is -0.508 e. The van der Waals surface area contributed by atoms with E-state index in [2.05, 4.69) is 10.6 Å². The van der Waals surface area contributed by atoms with Crippen LogP contribution < -0.4 is 48.5 Å². The highest BCUT2D eigenvalue weighted by atomic mass is 16.7. The first-order valence-corrected chi connectivity index (χ1v) is 19.5. The predicted molar refractivity (Wildman–Crippen MR) is 228 cm³/mol. The third kappa shape index (κ3) is 9.38. The van der Waals surface area contributed by atoms with E-state index in [-0.39, 0.29) is 29.6 Å². The molecule has 0 heterocycles. The van der Waals surface area contributed by atoms with E-state index in [1.165, 1.54) is 13.8 Å². The largest absolute Gasteiger partial charge is 0.519 e. The summed E-state index contributed by atoms with van der Waals surface area (Å²) in [5.74, 6) is 3.82. The fraction of sp³-hybridized carbons (Fsp3) is 0.298. The molecule has 0 saturated carbocycles. The van der Waals surface area contributed by atoms with Crippen LogP contribution in [0.5, 0.6) is 51.7 Å². The zero-order chi connectivity index (χ0) is 43.8. The molecule has 0 aliphatic heterocycles. The number of fused-ring (bicyclic) bond motifs is 6. The number of nitrogens with one attached hydrogen (secondary N) is 2. The SMILES string of the molecule is COc1cc2c(c(OC)c1OC)-c1ccc(O)cc1[C@@H](NC(C)=O)CC2.COc1cc2c(c(OC)c1OC)-c1ccc(OC(=O)Oc3ccccc3)cc1[C@@H](NC(C)=O)CC2. The number of phenols is 1. The number of methoxy groups -OCH3 is 6. The molecule has 0 radical (unpaired) electrons. The van der Waals surface area contributed by atoms with Crippen LogP contribution in [-0.4, -0.2) is 65.7 Å². The van der Waals surface area contributed by atoms with Gasteiger partial charge < -0.3 is 53.6 Å². The molecule has 61 heavy (non-hydrogen) atoms. The number of carbonyl (C=O) groups excluding carboxylic acids is 3. The lowest BCUT2D eigenvalue weighted by Crippen LogP contribution is -2.26. The van der Waals surface area contributed by atoms with E-state index in [0.29, 0.717) is 71.7 Å². The number of phenolic OH excluding ortho intramolecular Hbond substituents is 1. The van der Waals surface area contributed by atoms with Crippen LogP contribution in [0, 0.1) is 0 Å². The summed E-state index contributed by atoms with van der Waals surface area (Å²) in [4.78, 5) is 36.1. The van der Waals surface area contributed by atoms with Crippen molar-refractivity contribution in [1.29, 1.82) is 0 Å². The second-order valence-electron chi connectivity index (χ2n) is 14.2. The lowest BCUT2D eigenvalue weighted by molar-refractivity contribution is -0.120. The molecule has 2 amide bonds. The van der Waals surface area contributed by atoms with Gasteiger partial charge in [0.15, 0.2) is 23.0 Å². The summed E-state index contributed by atoms with van der Waals surface area (Å²) in [7, 11) is 9.46. The van der Waals surface area contributed by atoms with Crippen molar-refractivity contribution in [2.24, 2.45) is 0 Å². The average molecular weight is 835 g/mol. The van der Waals surface area contributed by atoms with Crippen molar-refractivity contribution >= 4 is 18.0 Å². The van der Waals surface area contributed by atoms with Gasteiger partial charge in [0.2, 0.25) is 23.3 Å². The first-order valence-electron chi connectivity index (χ1n) is 19.5. The molecule has 0 unspecified atom stereocenters. The molecule has 0 fully saturated rings. The van der Waals surface area contributed by atoms with Gasteiger partial charge in [-0.05, 0) is 108 Å². The molecular formula is C47H50N2O12. The number of amides is 2. The number of aromatic hydroxyl groups is 1. The Labute approximate surface area is 354 Å². The maximum absolute atomic E-state index is 12.4. The number of carbonyl (C=O) groups is 3. The smallest absolute Gasteiger partial charge is 0.508 e. The first-order chi connectivity index (χ1) is 29.4. The van der Waals surface area contributed by atoms with Crippen molar-refractivity contribution in [1.82, 2.24) is 10.6 Å². The zero-order valence-corrected chi connectivity index (χ0v) is 35.4. The lowest BCUT2D eigenvalue weighted by atomic mass is 9.93. The van der Waals surface area contributed by atoms with E-state index >= 15 is 0 Å². The summed E-state index contributed by atoms with van der Waals surface area (Å²) in [6.45, 7) is 2.97. The maximum Gasteiger partial charge on any atom is 0.519 e. The van der Waals surface area contributed by atoms with E-state index < -0.39 is 6.16 Å². The van der Waals surface area contributed by atoms with Crippen LogP contribution in [0.3, 0.4) is 0 Å². The normalized spacial score (nSPS) is 14.6. The Kier molecular flexibility index (Phi) is 13.8. The topological polar surface area (TPSA) is 169 Å². The number of rotatable bonds is 10. The number of hydrogen-bond acceptors (Lipinski definition) is 12. The van der Waals surface area contributed by atoms with Crippen LogP contribution in [0.25, 0.3) is 22.3 Å². The Morgan fingerprint density at radius 3 is 1.46 bits per heavy atom. The molecule has 0 aromatic heterocycles. The highest BCUT2D eigenvalue weighted by Crippen LogP contribution is 2.52. The van der Waals surface area contributed by atoms with Gasteiger partial charge in [-0.15, -0.1) is 0 Å². The number of aryl methyl sites for hydroxylation is 2. The molecule has 0 spiro atoms. The summed E-state index contributed by atoms with van der Waals surface area (Å²) in [5, 5.41) is 16.0. The summed E-state index contributed by atoms with van der Waals surface area (Å²) >= 11 is 0. The minimum atomic E-state index is -0.856. The Balaban J connectivity index is 0.000000213. The Morgan fingerprint density at radius 2 is 1.00 bits per heavy atom. The van der Waals surface area contributed by atoms with Gasteiger partial charge in [-0.25, -0.2) is 4.79 Å². The molecule has 2 aliphatic rings. The number of ether oxygens (including phenoxy) is 8. The summed E-state index contributed by atoms with van der Waals surface area (Å²) in [6.07, 6.45) is 1.83. The average Bonchev–Trinajstić information content (AvgIpc) is 3.49. The molecule has 0 saturated heterocycles. The minimum absolute atomic E-state index is 0.114.